The molecule has 1 N–H and O–H groups in total. The summed E-state index contributed by atoms with van der Waals surface area (Å²) < 4.78 is 0. The topological polar surface area (TPSA) is 58.1 Å². The Morgan fingerprint density at radius 1 is 1.21 bits per heavy atom. The van der Waals surface area contributed by atoms with E-state index in [9.17, 15) is 4.79 Å². The summed E-state index contributed by atoms with van der Waals surface area (Å²) in [6.45, 7) is 7.68. The summed E-state index contributed by atoms with van der Waals surface area (Å²) in [5.74, 6) is 1.80. The molecule has 1 aromatic heterocycles. The highest BCUT2D eigenvalue weighted by Crippen LogP contribution is 2.20. The molecule has 126 valence electrons. The third-order valence-corrected chi connectivity index (χ3v) is 4.33. The number of nitrogens with one attached hydrogen (secondary N) is 1. The van der Waals surface area contributed by atoms with Crippen molar-refractivity contribution >= 4 is 17.4 Å². The van der Waals surface area contributed by atoms with E-state index in [1.54, 1.807) is 6.07 Å². The van der Waals surface area contributed by atoms with Crippen LogP contribution in [0.1, 0.15) is 41.6 Å². The van der Waals surface area contributed by atoms with Crippen LogP contribution in [0.15, 0.2) is 30.3 Å². The van der Waals surface area contributed by atoms with E-state index < -0.39 is 0 Å². The molecule has 24 heavy (non-hydrogen) atoms. The van der Waals surface area contributed by atoms with Crippen LogP contribution in [0.3, 0.4) is 0 Å². The Labute approximate surface area is 143 Å². The first-order chi connectivity index (χ1) is 11.5. The van der Waals surface area contributed by atoms with Crippen LogP contribution in [0.2, 0.25) is 0 Å². The molecular weight excluding hydrogens is 300 g/mol. The number of aryl methyl sites for hydroxylation is 2. The zero-order valence-corrected chi connectivity index (χ0v) is 14.5. The van der Waals surface area contributed by atoms with Gasteiger partial charge in [0.15, 0.2) is 0 Å². The second kappa shape index (κ2) is 6.99. The predicted molar refractivity (Wildman–Crippen MR) is 95.5 cm³/mol. The third-order valence-electron chi connectivity index (χ3n) is 4.33. The highest BCUT2D eigenvalue weighted by molar-refractivity contribution is 5.93. The summed E-state index contributed by atoms with van der Waals surface area (Å²) in [5.41, 5.74) is 2.62. The van der Waals surface area contributed by atoms with E-state index >= 15 is 0 Å². The molecule has 1 saturated heterocycles. The zero-order valence-electron chi connectivity index (χ0n) is 14.5. The number of nitrogens with zero attached hydrogens (tertiary/aromatic N) is 3. The van der Waals surface area contributed by atoms with Crippen molar-refractivity contribution in [1.82, 2.24) is 14.9 Å². The molecule has 0 aliphatic carbocycles. The summed E-state index contributed by atoms with van der Waals surface area (Å²) in [4.78, 5) is 23.4. The first kappa shape index (κ1) is 16.4. The molecular formula is C19H24N4O. The minimum absolute atomic E-state index is 0.000920. The van der Waals surface area contributed by atoms with Crippen molar-refractivity contribution in [2.24, 2.45) is 5.92 Å². The Bertz CT molecular complexity index is 727. The van der Waals surface area contributed by atoms with Crippen molar-refractivity contribution in [1.29, 1.82) is 0 Å². The smallest absolute Gasteiger partial charge is 0.272 e. The van der Waals surface area contributed by atoms with Crippen LogP contribution < -0.4 is 5.32 Å². The standard InChI is InChI=1S/C19H24N4O/c1-13-6-8-16(9-7-13)22-18-11-17(20-15(3)21-18)19(24)23-10-4-5-14(2)12-23/h6-9,11,14H,4-5,10,12H2,1-3H3,(H,20,21,22). The monoisotopic (exact) mass is 324 g/mol. The average Bonchev–Trinajstić information content (AvgIpc) is 2.56. The van der Waals surface area contributed by atoms with Gasteiger partial charge in [-0.2, -0.15) is 0 Å². The molecule has 1 fully saturated rings. The van der Waals surface area contributed by atoms with Gasteiger partial charge in [-0.15, -0.1) is 0 Å². The lowest BCUT2D eigenvalue weighted by atomic mass is 10.00. The molecule has 0 spiro atoms. The maximum Gasteiger partial charge on any atom is 0.272 e. The Hall–Kier alpha value is -2.43. The number of anilines is 2. The minimum Gasteiger partial charge on any atom is -0.340 e. The fraction of sp³-hybridized carbons (Fsp3) is 0.421. The number of carbonyl (C=O) groups is 1. The Morgan fingerprint density at radius 3 is 2.67 bits per heavy atom. The average molecular weight is 324 g/mol. The molecule has 3 rings (SSSR count). The fourth-order valence-corrected chi connectivity index (χ4v) is 3.06. The third kappa shape index (κ3) is 3.91. The van der Waals surface area contributed by atoms with Gasteiger partial charge in [0.05, 0.1) is 0 Å². The first-order valence-corrected chi connectivity index (χ1v) is 8.50. The van der Waals surface area contributed by atoms with Crippen LogP contribution in [-0.4, -0.2) is 33.9 Å². The Balaban J connectivity index is 1.80. The van der Waals surface area contributed by atoms with Crippen molar-refractivity contribution in [2.45, 2.75) is 33.6 Å². The molecule has 1 aliphatic rings. The van der Waals surface area contributed by atoms with E-state index in [-0.39, 0.29) is 5.91 Å². The first-order valence-electron chi connectivity index (χ1n) is 8.50. The Morgan fingerprint density at radius 2 is 1.96 bits per heavy atom. The number of hydrogen-bond acceptors (Lipinski definition) is 4. The van der Waals surface area contributed by atoms with E-state index in [1.165, 1.54) is 12.0 Å². The molecule has 5 heteroatoms. The highest BCUT2D eigenvalue weighted by Gasteiger charge is 2.23. The summed E-state index contributed by atoms with van der Waals surface area (Å²) >= 11 is 0. The van der Waals surface area contributed by atoms with E-state index in [2.05, 4.69) is 29.1 Å². The Kier molecular flexibility index (Phi) is 4.79. The van der Waals surface area contributed by atoms with Crippen LogP contribution in [0.25, 0.3) is 0 Å². The van der Waals surface area contributed by atoms with E-state index in [0.29, 0.717) is 23.3 Å². The quantitative estimate of drug-likeness (QED) is 0.935. The molecule has 1 amide bonds. The van der Waals surface area contributed by atoms with E-state index in [0.717, 1.165) is 25.2 Å². The van der Waals surface area contributed by atoms with Gasteiger partial charge in [0.25, 0.3) is 5.91 Å². The van der Waals surface area contributed by atoms with Crippen LogP contribution in [0.4, 0.5) is 11.5 Å². The normalized spacial score (nSPS) is 17.6. The molecule has 1 unspecified atom stereocenters. The van der Waals surface area contributed by atoms with Gasteiger partial charge in [0.2, 0.25) is 0 Å². The maximum absolute atomic E-state index is 12.8. The van der Waals surface area contributed by atoms with Gasteiger partial charge >= 0.3 is 0 Å². The van der Waals surface area contributed by atoms with Crippen LogP contribution >= 0.6 is 0 Å². The number of rotatable bonds is 3. The molecule has 0 saturated carbocycles. The fourth-order valence-electron chi connectivity index (χ4n) is 3.06. The highest BCUT2D eigenvalue weighted by atomic mass is 16.2. The minimum atomic E-state index is -0.000920. The molecule has 5 nitrogen and oxygen atoms in total. The lowest BCUT2D eigenvalue weighted by molar-refractivity contribution is 0.0676. The predicted octanol–water partition coefficient (Wildman–Crippen LogP) is 3.71. The molecule has 1 aromatic carbocycles. The second-order valence-corrected chi connectivity index (χ2v) is 6.68. The van der Waals surface area contributed by atoms with E-state index in [1.807, 2.05) is 36.1 Å². The zero-order chi connectivity index (χ0) is 17.1. The SMILES string of the molecule is Cc1ccc(Nc2cc(C(=O)N3CCCC(C)C3)nc(C)n2)cc1. The van der Waals surface area contributed by atoms with Crippen molar-refractivity contribution in [3.8, 4) is 0 Å². The summed E-state index contributed by atoms with van der Waals surface area (Å²) in [5, 5.41) is 3.26. The summed E-state index contributed by atoms with van der Waals surface area (Å²) in [6, 6.07) is 9.82. The van der Waals surface area contributed by atoms with Gasteiger partial charge in [-0.05, 0) is 44.7 Å². The number of benzene rings is 1. The number of hydrogen-bond donors (Lipinski definition) is 1. The lowest BCUT2D eigenvalue weighted by Crippen LogP contribution is -2.39. The van der Waals surface area contributed by atoms with Crippen LogP contribution in [0.5, 0.6) is 0 Å². The number of likely N-dealkylation sites (tertiary alicyclic amines) is 1. The molecule has 2 heterocycles. The summed E-state index contributed by atoms with van der Waals surface area (Å²) in [7, 11) is 0. The number of aromatic nitrogens is 2. The molecule has 0 radical (unpaired) electrons. The molecule has 1 aliphatic heterocycles. The van der Waals surface area contributed by atoms with Crippen molar-refractivity contribution < 1.29 is 4.79 Å². The lowest BCUT2D eigenvalue weighted by Gasteiger charge is -2.30. The number of amides is 1. The van der Waals surface area contributed by atoms with E-state index in [4.69, 9.17) is 0 Å². The number of carbonyl (C=O) groups excluding carboxylic acids is 1. The summed E-state index contributed by atoms with van der Waals surface area (Å²) in [6.07, 6.45) is 2.25. The molecule has 0 bridgehead atoms. The van der Waals surface area contributed by atoms with Crippen LogP contribution in [-0.2, 0) is 0 Å². The van der Waals surface area contributed by atoms with Gasteiger partial charge < -0.3 is 10.2 Å². The van der Waals surface area contributed by atoms with Crippen molar-refractivity contribution in [3.63, 3.8) is 0 Å². The van der Waals surface area contributed by atoms with Crippen molar-refractivity contribution in [2.75, 3.05) is 18.4 Å². The van der Waals surface area contributed by atoms with Crippen molar-refractivity contribution in [3.05, 3.63) is 47.4 Å². The maximum atomic E-state index is 12.8. The molecule has 1 atom stereocenters. The van der Waals surface area contributed by atoms with Gasteiger partial charge in [0, 0.05) is 24.8 Å². The van der Waals surface area contributed by atoms with Gasteiger partial charge in [0.1, 0.15) is 17.3 Å². The molecule has 2 aromatic rings. The second-order valence-electron chi connectivity index (χ2n) is 6.68. The van der Waals surface area contributed by atoms with Gasteiger partial charge in [-0.25, -0.2) is 9.97 Å². The van der Waals surface area contributed by atoms with Crippen LogP contribution in [0, 0.1) is 19.8 Å². The van der Waals surface area contributed by atoms with Gasteiger partial charge in [-0.1, -0.05) is 24.6 Å². The largest absolute Gasteiger partial charge is 0.340 e. The number of piperidine rings is 1. The van der Waals surface area contributed by atoms with Gasteiger partial charge in [-0.3, -0.25) is 4.79 Å².